The van der Waals surface area contributed by atoms with Crippen molar-refractivity contribution in [2.45, 2.75) is 31.2 Å². The molecule has 2 rings (SSSR count). The second kappa shape index (κ2) is 6.88. The Kier molecular flexibility index (Phi) is 5.27. The van der Waals surface area contributed by atoms with Crippen molar-refractivity contribution in [3.05, 3.63) is 53.3 Å². The van der Waals surface area contributed by atoms with E-state index >= 15 is 0 Å². The fourth-order valence-corrected chi connectivity index (χ4v) is 3.55. The third-order valence-electron chi connectivity index (χ3n) is 2.80. The van der Waals surface area contributed by atoms with Gasteiger partial charge in [-0.15, -0.1) is 0 Å². The van der Waals surface area contributed by atoms with E-state index < -0.39 is 21.5 Å². The summed E-state index contributed by atoms with van der Waals surface area (Å²) in [5.41, 5.74) is -0.120. The summed E-state index contributed by atoms with van der Waals surface area (Å²) < 4.78 is 27.3. The number of carbonyl (C=O) groups is 1. The zero-order valence-corrected chi connectivity index (χ0v) is 15.1. The minimum atomic E-state index is -3.69. The van der Waals surface area contributed by atoms with Crippen LogP contribution >= 0.6 is 11.6 Å². The lowest BCUT2D eigenvalue weighted by atomic mass is 10.1. The number of sulfonamides is 1. The molecule has 128 valence electrons. The summed E-state index contributed by atoms with van der Waals surface area (Å²) in [5, 5.41) is 3.00. The number of amides is 1. The Bertz CT molecular complexity index is 861. The highest BCUT2D eigenvalue weighted by Crippen LogP contribution is 2.18. The third-order valence-corrected chi connectivity index (χ3v) is 4.79. The summed E-state index contributed by atoms with van der Waals surface area (Å²) >= 11 is 5.83. The van der Waals surface area contributed by atoms with Gasteiger partial charge < -0.3 is 5.32 Å². The number of nitrogens with zero attached hydrogens (tertiary/aromatic N) is 1. The van der Waals surface area contributed by atoms with Crippen LogP contribution in [0.4, 0.5) is 5.69 Å². The van der Waals surface area contributed by atoms with Crippen molar-refractivity contribution in [2.24, 2.45) is 0 Å². The van der Waals surface area contributed by atoms with Crippen molar-refractivity contribution in [3.8, 4) is 0 Å². The number of carbonyl (C=O) groups excluding carboxylic acids is 1. The van der Waals surface area contributed by atoms with Crippen LogP contribution in [0.1, 0.15) is 31.3 Å². The molecule has 1 aromatic carbocycles. The summed E-state index contributed by atoms with van der Waals surface area (Å²) in [6.07, 6.45) is 1.42. The second-order valence-corrected chi connectivity index (χ2v) is 8.32. The molecule has 0 aliphatic heterocycles. The van der Waals surface area contributed by atoms with E-state index in [9.17, 15) is 13.2 Å². The molecule has 0 fully saturated rings. The molecule has 1 aromatic heterocycles. The van der Waals surface area contributed by atoms with E-state index in [0.29, 0.717) is 10.7 Å². The first-order chi connectivity index (χ1) is 11.1. The molecule has 0 bridgehead atoms. The monoisotopic (exact) mass is 367 g/mol. The van der Waals surface area contributed by atoms with Crippen molar-refractivity contribution >= 4 is 33.2 Å². The van der Waals surface area contributed by atoms with Crippen molar-refractivity contribution in [2.75, 3.05) is 5.32 Å². The van der Waals surface area contributed by atoms with E-state index in [1.54, 1.807) is 39.0 Å². The lowest BCUT2D eigenvalue weighted by Gasteiger charge is -2.20. The molecule has 0 unspecified atom stereocenters. The first kappa shape index (κ1) is 18.4. The smallest absolute Gasteiger partial charge is 0.274 e. The van der Waals surface area contributed by atoms with Crippen LogP contribution in [0.3, 0.4) is 0 Å². The minimum Gasteiger partial charge on any atom is -0.321 e. The number of hydrogen-bond donors (Lipinski definition) is 2. The predicted molar refractivity (Wildman–Crippen MR) is 93.7 cm³/mol. The molecule has 0 aliphatic rings. The van der Waals surface area contributed by atoms with Crippen LogP contribution in [0.5, 0.6) is 0 Å². The van der Waals surface area contributed by atoms with Crippen LogP contribution in [-0.2, 0) is 10.0 Å². The normalized spacial score (nSPS) is 12.0. The molecule has 0 saturated carbocycles. The SMILES string of the molecule is CC(C)(C)NS(=O)(=O)c1cccc(NC(=O)c2cc(Cl)ccn2)c1. The molecule has 6 nitrogen and oxygen atoms in total. The number of nitrogens with one attached hydrogen (secondary N) is 2. The van der Waals surface area contributed by atoms with Gasteiger partial charge in [-0.05, 0) is 51.1 Å². The van der Waals surface area contributed by atoms with Gasteiger partial charge in [0, 0.05) is 22.4 Å². The Morgan fingerprint density at radius 3 is 2.50 bits per heavy atom. The van der Waals surface area contributed by atoms with Crippen LogP contribution < -0.4 is 10.0 Å². The van der Waals surface area contributed by atoms with Gasteiger partial charge >= 0.3 is 0 Å². The average molecular weight is 368 g/mol. The second-order valence-electron chi connectivity index (χ2n) is 6.20. The summed E-state index contributed by atoms with van der Waals surface area (Å²) in [6, 6.07) is 8.98. The Morgan fingerprint density at radius 2 is 1.88 bits per heavy atom. The van der Waals surface area contributed by atoms with E-state index in [4.69, 9.17) is 11.6 Å². The molecular weight excluding hydrogens is 350 g/mol. The number of hydrogen-bond acceptors (Lipinski definition) is 4. The van der Waals surface area contributed by atoms with Crippen LogP contribution in [-0.4, -0.2) is 24.8 Å². The van der Waals surface area contributed by atoms with Crippen LogP contribution in [0.25, 0.3) is 0 Å². The van der Waals surface area contributed by atoms with Gasteiger partial charge in [-0.1, -0.05) is 17.7 Å². The summed E-state index contributed by atoms with van der Waals surface area (Å²) in [5.74, 6) is -0.476. The molecule has 2 N–H and O–H groups in total. The van der Waals surface area contributed by atoms with E-state index in [1.807, 2.05) is 0 Å². The largest absolute Gasteiger partial charge is 0.321 e. The van der Waals surface area contributed by atoms with Crippen LogP contribution in [0.15, 0.2) is 47.5 Å². The van der Waals surface area contributed by atoms with Crippen LogP contribution in [0, 0.1) is 0 Å². The van der Waals surface area contributed by atoms with Gasteiger partial charge in [0.1, 0.15) is 5.69 Å². The maximum Gasteiger partial charge on any atom is 0.274 e. The van der Waals surface area contributed by atoms with Crippen molar-refractivity contribution in [1.29, 1.82) is 0 Å². The fraction of sp³-hybridized carbons (Fsp3) is 0.250. The summed E-state index contributed by atoms with van der Waals surface area (Å²) in [4.78, 5) is 16.2. The van der Waals surface area contributed by atoms with E-state index in [1.165, 1.54) is 24.4 Å². The standard InChI is InChI=1S/C16H18ClN3O3S/c1-16(2,3)20-24(22,23)13-6-4-5-12(10-13)19-15(21)14-9-11(17)7-8-18-14/h4-10,20H,1-3H3,(H,19,21). The topological polar surface area (TPSA) is 88.2 Å². The van der Waals surface area contributed by atoms with Gasteiger partial charge in [0.05, 0.1) is 4.90 Å². The summed E-state index contributed by atoms with van der Waals surface area (Å²) in [7, 11) is -3.69. The van der Waals surface area contributed by atoms with Gasteiger partial charge in [0.15, 0.2) is 0 Å². The van der Waals surface area contributed by atoms with Gasteiger partial charge in [-0.3, -0.25) is 9.78 Å². The first-order valence-electron chi connectivity index (χ1n) is 7.14. The first-order valence-corrected chi connectivity index (χ1v) is 9.00. The fourth-order valence-electron chi connectivity index (χ4n) is 1.93. The Balaban J connectivity index is 2.23. The molecule has 2 aromatic rings. The molecule has 0 atom stereocenters. The molecule has 24 heavy (non-hydrogen) atoms. The minimum absolute atomic E-state index is 0.0641. The predicted octanol–water partition coefficient (Wildman–Crippen LogP) is 3.06. The molecule has 0 radical (unpaired) electrons. The number of aromatic nitrogens is 1. The number of benzene rings is 1. The molecule has 0 saturated heterocycles. The van der Waals surface area contributed by atoms with Crippen LogP contribution in [0.2, 0.25) is 5.02 Å². The van der Waals surface area contributed by atoms with Crippen molar-refractivity contribution < 1.29 is 13.2 Å². The molecule has 1 heterocycles. The highest BCUT2D eigenvalue weighted by atomic mass is 35.5. The molecule has 1 amide bonds. The van der Waals surface area contributed by atoms with Gasteiger partial charge in [-0.2, -0.15) is 0 Å². The third kappa shape index (κ3) is 5.02. The average Bonchev–Trinajstić information content (AvgIpc) is 2.45. The van der Waals surface area contributed by atoms with E-state index in [0.717, 1.165) is 0 Å². The van der Waals surface area contributed by atoms with Crippen molar-refractivity contribution in [1.82, 2.24) is 9.71 Å². The zero-order chi connectivity index (χ0) is 18.0. The number of rotatable bonds is 4. The molecule has 8 heteroatoms. The van der Waals surface area contributed by atoms with Gasteiger partial charge in [0.2, 0.25) is 10.0 Å². The molecule has 0 aliphatic carbocycles. The molecular formula is C16H18ClN3O3S. The zero-order valence-electron chi connectivity index (χ0n) is 13.5. The number of pyridine rings is 1. The number of anilines is 1. The quantitative estimate of drug-likeness (QED) is 0.869. The van der Waals surface area contributed by atoms with E-state index in [-0.39, 0.29) is 10.6 Å². The van der Waals surface area contributed by atoms with E-state index in [2.05, 4.69) is 15.0 Å². The lowest BCUT2D eigenvalue weighted by molar-refractivity contribution is 0.102. The van der Waals surface area contributed by atoms with Gasteiger partial charge in [0.25, 0.3) is 5.91 Å². The highest BCUT2D eigenvalue weighted by Gasteiger charge is 2.22. The Labute approximate surface area is 146 Å². The van der Waals surface area contributed by atoms with Gasteiger partial charge in [-0.25, -0.2) is 13.1 Å². The summed E-state index contributed by atoms with van der Waals surface area (Å²) in [6.45, 7) is 5.25. The Morgan fingerprint density at radius 1 is 1.17 bits per heavy atom. The van der Waals surface area contributed by atoms with Crippen molar-refractivity contribution in [3.63, 3.8) is 0 Å². The number of halogens is 1. The highest BCUT2D eigenvalue weighted by molar-refractivity contribution is 7.89. The Hall–Kier alpha value is -1.96. The lowest BCUT2D eigenvalue weighted by Crippen LogP contribution is -2.40. The maximum absolute atomic E-state index is 12.3. The maximum atomic E-state index is 12.3. The molecule has 0 spiro atoms.